The van der Waals surface area contributed by atoms with Crippen molar-refractivity contribution in [2.75, 3.05) is 26.8 Å². The molecule has 9 nitrogen and oxygen atoms in total. The summed E-state index contributed by atoms with van der Waals surface area (Å²) in [5.74, 6) is 1.70. The monoisotopic (exact) mass is 416 g/mol. The van der Waals surface area contributed by atoms with Crippen LogP contribution in [-0.2, 0) is 6.54 Å². The number of benzene rings is 2. The van der Waals surface area contributed by atoms with Crippen molar-refractivity contribution < 1.29 is 19.1 Å². The van der Waals surface area contributed by atoms with Gasteiger partial charge in [0.05, 0.1) is 31.9 Å². The number of rotatable bonds is 9. The normalized spacial score (nSPS) is 10.4. The van der Waals surface area contributed by atoms with E-state index >= 15 is 0 Å². The molecule has 1 heterocycles. The zero-order chi connectivity index (χ0) is 20.8. The molecule has 0 fully saturated rings. The van der Waals surface area contributed by atoms with Crippen LogP contribution in [0.4, 0.5) is 10.8 Å². The molecule has 0 aliphatic rings. The second-order valence-electron chi connectivity index (χ2n) is 5.85. The number of ether oxygens (including phenoxy) is 3. The summed E-state index contributed by atoms with van der Waals surface area (Å²) in [5.41, 5.74) is 8.68. The van der Waals surface area contributed by atoms with E-state index in [0.29, 0.717) is 28.9 Å². The first kappa shape index (κ1) is 20.4. The minimum atomic E-state index is -0.426. The van der Waals surface area contributed by atoms with Crippen molar-refractivity contribution in [3.8, 4) is 28.5 Å². The third-order valence-corrected chi connectivity index (χ3v) is 4.85. The smallest absolute Gasteiger partial charge is 0.269 e. The molecule has 10 heteroatoms. The maximum atomic E-state index is 10.8. The van der Waals surface area contributed by atoms with Crippen LogP contribution in [0.5, 0.6) is 17.2 Å². The number of nitro groups is 1. The first-order valence-electron chi connectivity index (χ1n) is 8.53. The van der Waals surface area contributed by atoms with E-state index in [1.165, 1.54) is 23.5 Å². The SMILES string of the molecule is COc1cc(CNNc2nc(-c3ccc([N+](=O)[O-])cc3)cs2)cc(OC)c1OC. The van der Waals surface area contributed by atoms with Crippen LogP contribution in [-0.4, -0.2) is 31.2 Å². The van der Waals surface area contributed by atoms with Crippen LogP contribution in [0, 0.1) is 10.1 Å². The third-order valence-electron chi connectivity index (χ3n) is 4.09. The topological polar surface area (TPSA) is 108 Å². The lowest BCUT2D eigenvalue weighted by molar-refractivity contribution is -0.384. The molecule has 152 valence electrons. The lowest BCUT2D eigenvalue weighted by atomic mass is 10.1. The minimum Gasteiger partial charge on any atom is -0.493 e. The quantitative estimate of drug-likeness (QED) is 0.400. The molecular weight excluding hydrogens is 396 g/mol. The molecule has 2 aromatic carbocycles. The molecular formula is C19H20N4O5S. The summed E-state index contributed by atoms with van der Waals surface area (Å²) in [7, 11) is 4.70. The van der Waals surface area contributed by atoms with Gasteiger partial charge in [-0.05, 0) is 29.8 Å². The van der Waals surface area contributed by atoms with Crippen LogP contribution in [0.3, 0.4) is 0 Å². The van der Waals surface area contributed by atoms with Crippen molar-refractivity contribution in [3.63, 3.8) is 0 Å². The Labute approximate surface area is 171 Å². The van der Waals surface area contributed by atoms with Gasteiger partial charge in [-0.25, -0.2) is 10.4 Å². The highest BCUT2D eigenvalue weighted by Crippen LogP contribution is 2.38. The molecule has 0 atom stereocenters. The summed E-state index contributed by atoms with van der Waals surface area (Å²) in [6.07, 6.45) is 0. The van der Waals surface area contributed by atoms with Crippen LogP contribution in [0.1, 0.15) is 5.56 Å². The van der Waals surface area contributed by atoms with Gasteiger partial charge in [-0.3, -0.25) is 15.5 Å². The highest BCUT2D eigenvalue weighted by atomic mass is 32.1. The van der Waals surface area contributed by atoms with E-state index in [2.05, 4.69) is 15.8 Å². The summed E-state index contributed by atoms with van der Waals surface area (Å²) in [6.45, 7) is 0.489. The lowest BCUT2D eigenvalue weighted by Gasteiger charge is -2.14. The van der Waals surface area contributed by atoms with Crippen molar-refractivity contribution in [1.82, 2.24) is 10.4 Å². The molecule has 3 aromatic rings. The fourth-order valence-corrected chi connectivity index (χ4v) is 3.37. The van der Waals surface area contributed by atoms with E-state index in [4.69, 9.17) is 14.2 Å². The molecule has 0 saturated heterocycles. The number of non-ortho nitro benzene ring substituents is 1. The Bertz CT molecular complexity index is 966. The number of hydrazine groups is 1. The van der Waals surface area contributed by atoms with Crippen LogP contribution >= 0.6 is 11.3 Å². The summed E-state index contributed by atoms with van der Waals surface area (Å²) in [5, 5.41) is 13.3. The Hall–Kier alpha value is -3.37. The van der Waals surface area contributed by atoms with Crippen LogP contribution in [0.2, 0.25) is 0 Å². The van der Waals surface area contributed by atoms with Gasteiger partial charge in [0.2, 0.25) is 5.75 Å². The Kier molecular flexibility index (Phi) is 6.47. The highest BCUT2D eigenvalue weighted by molar-refractivity contribution is 7.14. The molecule has 0 bridgehead atoms. The Balaban J connectivity index is 1.64. The predicted molar refractivity (Wildman–Crippen MR) is 111 cm³/mol. The summed E-state index contributed by atoms with van der Waals surface area (Å²) < 4.78 is 16.0. The van der Waals surface area contributed by atoms with E-state index in [-0.39, 0.29) is 5.69 Å². The third kappa shape index (κ3) is 4.73. The van der Waals surface area contributed by atoms with Crippen LogP contribution < -0.4 is 25.1 Å². The molecule has 1 aromatic heterocycles. The van der Waals surface area contributed by atoms with Gasteiger partial charge < -0.3 is 14.2 Å². The zero-order valence-corrected chi connectivity index (χ0v) is 16.9. The number of thiazole rings is 1. The number of anilines is 1. The lowest BCUT2D eigenvalue weighted by Crippen LogP contribution is -2.20. The number of nitrogens with zero attached hydrogens (tertiary/aromatic N) is 2. The Morgan fingerprint density at radius 1 is 1.07 bits per heavy atom. The number of methoxy groups -OCH3 is 3. The average Bonchev–Trinajstić information content (AvgIpc) is 3.21. The van der Waals surface area contributed by atoms with Gasteiger partial charge in [-0.15, -0.1) is 11.3 Å². The van der Waals surface area contributed by atoms with E-state index in [9.17, 15) is 10.1 Å². The second-order valence-corrected chi connectivity index (χ2v) is 6.71. The molecule has 0 spiro atoms. The predicted octanol–water partition coefficient (Wildman–Crippen LogP) is 3.86. The number of nitrogens with one attached hydrogen (secondary N) is 2. The Morgan fingerprint density at radius 2 is 1.72 bits per heavy atom. The van der Waals surface area contributed by atoms with Gasteiger partial charge in [-0.2, -0.15) is 0 Å². The standard InChI is InChI=1S/C19H20N4O5S/c1-26-16-8-12(9-17(27-2)18(16)28-3)10-20-22-19-21-15(11-29-19)13-4-6-14(7-5-13)23(24)25/h4-9,11,20H,10H2,1-3H3,(H,21,22). The number of nitro benzene ring substituents is 1. The first-order valence-corrected chi connectivity index (χ1v) is 9.41. The molecule has 0 aliphatic heterocycles. The van der Waals surface area contributed by atoms with Crippen molar-refractivity contribution >= 4 is 22.2 Å². The molecule has 0 radical (unpaired) electrons. The summed E-state index contributed by atoms with van der Waals surface area (Å²) in [4.78, 5) is 14.8. The summed E-state index contributed by atoms with van der Waals surface area (Å²) in [6, 6.07) is 10.0. The molecule has 0 aliphatic carbocycles. The van der Waals surface area contributed by atoms with E-state index in [1.54, 1.807) is 33.5 Å². The maximum absolute atomic E-state index is 10.8. The fourth-order valence-electron chi connectivity index (χ4n) is 2.68. The van der Waals surface area contributed by atoms with Crippen molar-refractivity contribution in [2.24, 2.45) is 0 Å². The highest BCUT2D eigenvalue weighted by Gasteiger charge is 2.13. The maximum Gasteiger partial charge on any atom is 0.269 e. The van der Waals surface area contributed by atoms with Crippen molar-refractivity contribution in [1.29, 1.82) is 0 Å². The van der Waals surface area contributed by atoms with Crippen LogP contribution in [0.25, 0.3) is 11.3 Å². The van der Waals surface area contributed by atoms with Gasteiger partial charge in [0.15, 0.2) is 16.6 Å². The van der Waals surface area contributed by atoms with Gasteiger partial charge in [0.25, 0.3) is 5.69 Å². The van der Waals surface area contributed by atoms with Gasteiger partial charge in [0.1, 0.15) is 0 Å². The molecule has 3 rings (SSSR count). The zero-order valence-electron chi connectivity index (χ0n) is 16.1. The molecule has 0 saturated carbocycles. The fraction of sp³-hybridized carbons (Fsp3) is 0.211. The first-order chi connectivity index (χ1) is 14.0. The van der Waals surface area contributed by atoms with Crippen molar-refractivity contribution in [3.05, 3.63) is 57.5 Å². The summed E-state index contributed by atoms with van der Waals surface area (Å²) >= 11 is 1.42. The van der Waals surface area contributed by atoms with E-state index in [1.807, 2.05) is 17.5 Å². The van der Waals surface area contributed by atoms with Gasteiger partial charge in [-0.1, -0.05) is 0 Å². The molecule has 0 unspecified atom stereocenters. The molecule has 29 heavy (non-hydrogen) atoms. The molecule has 0 amide bonds. The van der Waals surface area contributed by atoms with Gasteiger partial charge in [0, 0.05) is 29.6 Å². The number of hydrogen-bond acceptors (Lipinski definition) is 9. The largest absolute Gasteiger partial charge is 0.493 e. The number of aromatic nitrogens is 1. The second kappa shape index (κ2) is 9.22. The number of hydrogen-bond donors (Lipinski definition) is 2. The van der Waals surface area contributed by atoms with E-state index in [0.717, 1.165) is 16.8 Å². The minimum absolute atomic E-state index is 0.0503. The van der Waals surface area contributed by atoms with Crippen molar-refractivity contribution in [2.45, 2.75) is 6.54 Å². The van der Waals surface area contributed by atoms with Gasteiger partial charge >= 0.3 is 0 Å². The average molecular weight is 416 g/mol. The Morgan fingerprint density at radius 3 is 2.28 bits per heavy atom. The van der Waals surface area contributed by atoms with E-state index < -0.39 is 4.92 Å². The molecule has 2 N–H and O–H groups in total. The van der Waals surface area contributed by atoms with Crippen LogP contribution in [0.15, 0.2) is 41.8 Å².